The number of ether oxygens (including phenoxy) is 1. The SMILES string of the molecule is O=C(Cc1ccccc1)Nc1ccc([C@H]2OCC(=O)N(Cc3ccc(F)cc3)[C@@H]2CO)cc1. The molecule has 1 aliphatic rings. The van der Waals surface area contributed by atoms with Gasteiger partial charge < -0.3 is 20.1 Å². The van der Waals surface area contributed by atoms with Crippen LogP contribution in [0.1, 0.15) is 22.8 Å². The topological polar surface area (TPSA) is 78.9 Å². The van der Waals surface area contributed by atoms with Gasteiger partial charge in [0.1, 0.15) is 18.5 Å². The third-order valence-corrected chi connectivity index (χ3v) is 5.64. The van der Waals surface area contributed by atoms with E-state index in [0.717, 1.165) is 16.7 Å². The number of rotatable bonds is 7. The van der Waals surface area contributed by atoms with Crippen molar-refractivity contribution in [2.24, 2.45) is 0 Å². The van der Waals surface area contributed by atoms with Crippen LogP contribution in [0, 0.1) is 5.82 Å². The van der Waals surface area contributed by atoms with Gasteiger partial charge in [-0.2, -0.15) is 0 Å². The van der Waals surface area contributed by atoms with Crippen LogP contribution < -0.4 is 5.32 Å². The number of carbonyl (C=O) groups is 2. The van der Waals surface area contributed by atoms with Crippen LogP contribution in [0.2, 0.25) is 0 Å². The molecular weight excluding hydrogens is 423 g/mol. The molecule has 33 heavy (non-hydrogen) atoms. The maximum atomic E-state index is 13.2. The molecule has 2 atom stereocenters. The number of hydrogen-bond donors (Lipinski definition) is 2. The number of aliphatic hydroxyl groups is 1. The van der Waals surface area contributed by atoms with Crippen molar-refractivity contribution in [3.63, 3.8) is 0 Å². The second-order valence-corrected chi connectivity index (χ2v) is 7.96. The fourth-order valence-electron chi connectivity index (χ4n) is 3.95. The molecule has 3 aromatic rings. The summed E-state index contributed by atoms with van der Waals surface area (Å²) in [6, 6.07) is 22.0. The highest BCUT2D eigenvalue weighted by molar-refractivity contribution is 5.92. The quantitative estimate of drug-likeness (QED) is 0.580. The summed E-state index contributed by atoms with van der Waals surface area (Å²) >= 11 is 0. The highest BCUT2D eigenvalue weighted by Gasteiger charge is 2.37. The monoisotopic (exact) mass is 448 g/mol. The molecule has 0 radical (unpaired) electrons. The average molecular weight is 448 g/mol. The van der Waals surface area contributed by atoms with Crippen molar-refractivity contribution < 1.29 is 23.8 Å². The number of halogens is 1. The van der Waals surface area contributed by atoms with Crippen molar-refractivity contribution in [3.05, 3.63) is 101 Å². The Morgan fingerprint density at radius 1 is 1.00 bits per heavy atom. The summed E-state index contributed by atoms with van der Waals surface area (Å²) < 4.78 is 19.0. The van der Waals surface area contributed by atoms with Crippen molar-refractivity contribution in [1.29, 1.82) is 0 Å². The highest BCUT2D eigenvalue weighted by atomic mass is 19.1. The average Bonchev–Trinajstić information content (AvgIpc) is 2.83. The number of nitrogens with one attached hydrogen (secondary N) is 1. The van der Waals surface area contributed by atoms with E-state index in [2.05, 4.69) is 5.32 Å². The third-order valence-electron chi connectivity index (χ3n) is 5.64. The Morgan fingerprint density at radius 2 is 1.70 bits per heavy atom. The van der Waals surface area contributed by atoms with E-state index in [9.17, 15) is 19.1 Å². The number of hydrogen-bond acceptors (Lipinski definition) is 4. The number of aliphatic hydroxyl groups excluding tert-OH is 1. The van der Waals surface area contributed by atoms with Gasteiger partial charge in [-0.15, -0.1) is 0 Å². The summed E-state index contributed by atoms with van der Waals surface area (Å²) in [7, 11) is 0. The lowest BCUT2D eigenvalue weighted by molar-refractivity contribution is -0.162. The molecular formula is C26H25FN2O4. The van der Waals surface area contributed by atoms with Crippen LogP contribution in [0.25, 0.3) is 0 Å². The molecule has 2 N–H and O–H groups in total. The van der Waals surface area contributed by atoms with E-state index < -0.39 is 12.1 Å². The van der Waals surface area contributed by atoms with Gasteiger partial charge in [-0.1, -0.05) is 54.6 Å². The standard InChI is InChI=1S/C26H25FN2O4/c27-21-10-6-19(7-11-21)15-29-23(16-30)26(33-17-25(29)32)20-8-12-22(13-9-20)28-24(31)14-18-4-2-1-3-5-18/h1-13,23,26,30H,14-17H2,(H,28,31)/t23-,26-/m1/s1. The normalized spacial score (nSPS) is 18.2. The largest absolute Gasteiger partial charge is 0.394 e. The Labute approximate surface area is 191 Å². The van der Waals surface area contributed by atoms with E-state index in [-0.39, 0.29) is 43.8 Å². The van der Waals surface area contributed by atoms with Gasteiger partial charge >= 0.3 is 0 Å². The number of amides is 2. The van der Waals surface area contributed by atoms with Gasteiger partial charge in [-0.3, -0.25) is 9.59 Å². The Balaban J connectivity index is 1.44. The summed E-state index contributed by atoms with van der Waals surface area (Å²) in [5.74, 6) is -0.703. The first-order valence-corrected chi connectivity index (χ1v) is 10.7. The van der Waals surface area contributed by atoms with Gasteiger partial charge in [0.15, 0.2) is 0 Å². The van der Waals surface area contributed by atoms with Crippen LogP contribution in [0.3, 0.4) is 0 Å². The van der Waals surface area contributed by atoms with Crippen molar-refractivity contribution in [2.75, 3.05) is 18.5 Å². The molecule has 4 rings (SSSR count). The first kappa shape index (κ1) is 22.6. The maximum Gasteiger partial charge on any atom is 0.249 e. The molecule has 1 saturated heterocycles. The first-order chi connectivity index (χ1) is 16.0. The van der Waals surface area contributed by atoms with Crippen molar-refractivity contribution in [1.82, 2.24) is 4.90 Å². The van der Waals surface area contributed by atoms with Crippen LogP contribution in [0.15, 0.2) is 78.9 Å². The zero-order chi connectivity index (χ0) is 23.2. The molecule has 0 unspecified atom stereocenters. The Bertz CT molecular complexity index is 1090. The minimum atomic E-state index is -0.588. The van der Waals surface area contributed by atoms with E-state index in [1.165, 1.54) is 12.1 Å². The molecule has 1 aliphatic heterocycles. The Hall–Kier alpha value is -3.55. The number of nitrogens with zero attached hydrogens (tertiary/aromatic N) is 1. The van der Waals surface area contributed by atoms with E-state index >= 15 is 0 Å². The summed E-state index contributed by atoms with van der Waals surface area (Å²) in [6.07, 6.45) is -0.247. The zero-order valence-corrected chi connectivity index (χ0v) is 18.0. The van der Waals surface area contributed by atoms with Crippen LogP contribution in [-0.2, 0) is 27.3 Å². The Morgan fingerprint density at radius 3 is 2.36 bits per heavy atom. The lowest BCUT2D eigenvalue weighted by Crippen LogP contribution is -2.52. The van der Waals surface area contributed by atoms with Crippen molar-refractivity contribution >= 4 is 17.5 Å². The maximum absolute atomic E-state index is 13.2. The summed E-state index contributed by atoms with van der Waals surface area (Å²) in [4.78, 5) is 26.4. The number of anilines is 1. The molecule has 7 heteroatoms. The fourth-order valence-corrected chi connectivity index (χ4v) is 3.95. The van der Waals surface area contributed by atoms with Crippen LogP contribution >= 0.6 is 0 Å². The lowest BCUT2D eigenvalue weighted by Gasteiger charge is -2.40. The van der Waals surface area contributed by atoms with Gasteiger partial charge in [0, 0.05) is 12.2 Å². The van der Waals surface area contributed by atoms with Crippen molar-refractivity contribution in [3.8, 4) is 0 Å². The first-order valence-electron chi connectivity index (χ1n) is 10.7. The molecule has 6 nitrogen and oxygen atoms in total. The zero-order valence-electron chi connectivity index (χ0n) is 18.0. The second kappa shape index (κ2) is 10.4. The van der Waals surface area contributed by atoms with Gasteiger partial charge in [-0.25, -0.2) is 4.39 Å². The molecule has 1 fully saturated rings. The van der Waals surface area contributed by atoms with Gasteiger partial charge in [0.25, 0.3) is 0 Å². The molecule has 0 spiro atoms. The van der Waals surface area contributed by atoms with Crippen molar-refractivity contribution in [2.45, 2.75) is 25.1 Å². The molecule has 0 aromatic heterocycles. The van der Waals surface area contributed by atoms with Gasteiger partial charge in [-0.05, 0) is 41.0 Å². The molecule has 3 aromatic carbocycles. The van der Waals surface area contributed by atoms with E-state index in [0.29, 0.717) is 5.69 Å². The van der Waals surface area contributed by atoms with E-state index in [1.807, 2.05) is 42.5 Å². The molecule has 0 bridgehead atoms. The molecule has 1 heterocycles. The predicted molar refractivity (Wildman–Crippen MR) is 122 cm³/mol. The van der Waals surface area contributed by atoms with Gasteiger partial charge in [0.2, 0.25) is 11.8 Å². The molecule has 0 aliphatic carbocycles. The van der Waals surface area contributed by atoms with Crippen LogP contribution in [-0.4, -0.2) is 41.1 Å². The molecule has 0 saturated carbocycles. The minimum Gasteiger partial charge on any atom is -0.394 e. The minimum absolute atomic E-state index is 0.113. The summed E-state index contributed by atoms with van der Waals surface area (Å²) in [5.41, 5.74) is 3.13. The third kappa shape index (κ3) is 5.63. The summed E-state index contributed by atoms with van der Waals surface area (Å²) in [5, 5.41) is 12.9. The predicted octanol–water partition coefficient (Wildman–Crippen LogP) is 3.47. The highest BCUT2D eigenvalue weighted by Crippen LogP contribution is 2.31. The number of morpholine rings is 1. The molecule has 2 amide bonds. The smallest absolute Gasteiger partial charge is 0.249 e. The number of carbonyl (C=O) groups excluding carboxylic acids is 2. The summed E-state index contributed by atoms with van der Waals surface area (Å²) in [6.45, 7) is -0.150. The van der Waals surface area contributed by atoms with Gasteiger partial charge in [0.05, 0.1) is 19.1 Å². The lowest BCUT2D eigenvalue weighted by atomic mass is 9.98. The Kier molecular flexibility index (Phi) is 7.12. The van der Waals surface area contributed by atoms with E-state index in [1.54, 1.807) is 29.2 Å². The van der Waals surface area contributed by atoms with E-state index in [4.69, 9.17) is 4.74 Å². The van der Waals surface area contributed by atoms with Crippen LogP contribution in [0.5, 0.6) is 0 Å². The second-order valence-electron chi connectivity index (χ2n) is 7.96. The fraction of sp³-hybridized carbons (Fsp3) is 0.231. The molecule has 170 valence electrons. The number of benzene rings is 3. The van der Waals surface area contributed by atoms with Crippen LogP contribution in [0.4, 0.5) is 10.1 Å².